The molecule has 2 rings (SSSR count). The molecule has 4 heteroatoms. The van der Waals surface area contributed by atoms with Crippen molar-refractivity contribution in [1.82, 2.24) is 0 Å². The molecule has 2 heterocycles. The lowest BCUT2D eigenvalue weighted by Gasteiger charge is -2.17. The minimum absolute atomic E-state index is 0.403. The second-order valence-corrected chi connectivity index (χ2v) is 7.55. The third kappa shape index (κ3) is 6.77. The van der Waals surface area contributed by atoms with Crippen molar-refractivity contribution in [2.75, 3.05) is 34.9 Å². The van der Waals surface area contributed by atoms with Crippen LogP contribution in [0.25, 0.3) is 0 Å². The third-order valence-corrected chi connectivity index (χ3v) is 6.17. The van der Waals surface area contributed by atoms with Gasteiger partial charge in [-0.1, -0.05) is 15.9 Å². The first kappa shape index (κ1) is 15.2. The fraction of sp³-hybridized carbons (Fsp3) is 1.00. The van der Waals surface area contributed by atoms with Gasteiger partial charge in [0.15, 0.2) is 0 Å². The van der Waals surface area contributed by atoms with E-state index >= 15 is 0 Å². The van der Waals surface area contributed by atoms with Gasteiger partial charge in [-0.05, 0) is 60.5 Å². The van der Waals surface area contributed by atoms with Gasteiger partial charge in [-0.25, -0.2) is 0 Å². The summed E-state index contributed by atoms with van der Waals surface area (Å²) in [4.78, 5) is 0. The third-order valence-electron chi connectivity index (χ3n) is 3.16. The summed E-state index contributed by atoms with van der Waals surface area (Å²) in [5.74, 6) is 6.88. The first-order valence-electron chi connectivity index (χ1n) is 6.19. The number of hydrogen-bond acceptors (Lipinski definition) is 3. The first-order valence-corrected chi connectivity index (χ1v) is 9.62. The number of thioether (sulfide) groups is 2. The topological polar surface area (TPSA) is 20.2 Å². The van der Waals surface area contributed by atoms with Crippen molar-refractivity contribution < 1.29 is 5.11 Å². The van der Waals surface area contributed by atoms with Gasteiger partial charge >= 0.3 is 0 Å². The van der Waals surface area contributed by atoms with Crippen LogP contribution >= 0.6 is 39.5 Å². The molecule has 2 aliphatic rings. The van der Waals surface area contributed by atoms with Gasteiger partial charge < -0.3 is 5.11 Å². The number of aliphatic hydroxyl groups is 1. The molecular weight excluding hydrogens is 304 g/mol. The van der Waals surface area contributed by atoms with Crippen molar-refractivity contribution in [3.63, 3.8) is 0 Å². The lowest BCUT2D eigenvalue weighted by atomic mass is 10.1. The second-order valence-electron chi connectivity index (χ2n) is 4.45. The van der Waals surface area contributed by atoms with Crippen molar-refractivity contribution >= 4 is 39.5 Å². The molecule has 2 aliphatic heterocycles. The zero-order valence-corrected chi connectivity index (χ0v) is 13.1. The monoisotopic (exact) mass is 326 g/mol. The molecule has 96 valence electrons. The van der Waals surface area contributed by atoms with Crippen LogP contribution in [-0.4, -0.2) is 40.1 Å². The fourth-order valence-corrected chi connectivity index (χ4v) is 4.89. The molecule has 0 amide bonds. The van der Waals surface area contributed by atoms with Crippen molar-refractivity contribution in [2.24, 2.45) is 11.8 Å². The highest BCUT2D eigenvalue weighted by molar-refractivity contribution is 9.09. The number of hydrogen-bond donors (Lipinski definition) is 1. The zero-order chi connectivity index (χ0) is 11.6. The Labute approximate surface area is 117 Å². The van der Waals surface area contributed by atoms with E-state index in [0.717, 1.165) is 5.92 Å². The fourth-order valence-electron chi connectivity index (χ4n) is 1.83. The Balaban J connectivity index is 0.000000160. The van der Waals surface area contributed by atoms with Gasteiger partial charge in [0.05, 0.1) is 0 Å². The normalized spacial score (nSPS) is 23.6. The van der Waals surface area contributed by atoms with Crippen LogP contribution in [0.15, 0.2) is 0 Å². The molecule has 0 radical (unpaired) electrons. The van der Waals surface area contributed by atoms with Gasteiger partial charge in [0.25, 0.3) is 0 Å². The minimum atomic E-state index is 0.403. The highest BCUT2D eigenvalue weighted by Crippen LogP contribution is 2.23. The Morgan fingerprint density at radius 2 is 1.31 bits per heavy atom. The minimum Gasteiger partial charge on any atom is -0.396 e. The van der Waals surface area contributed by atoms with E-state index in [4.69, 9.17) is 5.11 Å². The number of halogens is 1. The SMILES string of the molecule is BrCC1CCSCC1.OCC1CCSCC1. The van der Waals surface area contributed by atoms with Crippen molar-refractivity contribution in [1.29, 1.82) is 0 Å². The zero-order valence-electron chi connectivity index (χ0n) is 9.87. The van der Waals surface area contributed by atoms with Crippen LogP contribution in [0.4, 0.5) is 0 Å². The Bertz CT molecular complexity index is 139. The summed E-state index contributed by atoms with van der Waals surface area (Å²) in [5, 5.41) is 9.90. The van der Waals surface area contributed by atoms with Gasteiger partial charge in [-0.15, -0.1) is 0 Å². The summed E-state index contributed by atoms with van der Waals surface area (Å²) in [5.41, 5.74) is 0. The molecule has 16 heavy (non-hydrogen) atoms. The molecule has 0 aromatic rings. The molecule has 2 saturated heterocycles. The van der Waals surface area contributed by atoms with E-state index < -0.39 is 0 Å². The standard InChI is InChI=1S/C6H11BrS.C6H12OS/c2*7-5-6-1-3-8-4-2-6/h6H,1-5H2;6-7H,1-5H2. The van der Waals surface area contributed by atoms with E-state index in [9.17, 15) is 0 Å². The summed E-state index contributed by atoms with van der Waals surface area (Å²) in [7, 11) is 0. The highest BCUT2D eigenvalue weighted by Gasteiger charge is 2.11. The molecule has 0 spiro atoms. The van der Waals surface area contributed by atoms with Crippen LogP contribution < -0.4 is 0 Å². The molecule has 0 aliphatic carbocycles. The quantitative estimate of drug-likeness (QED) is 0.782. The Morgan fingerprint density at radius 3 is 1.56 bits per heavy atom. The number of rotatable bonds is 2. The largest absolute Gasteiger partial charge is 0.396 e. The lowest BCUT2D eigenvalue weighted by molar-refractivity contribution is 0.218. The summed E-state index contributed by atoms with van der Waals surface area (Å²) in [6, 6.07) is 0. The maximum Gasteiger partial charge on any atom is 0.0459 e. The van der Waals surface area contributed by atoms with Gasteiger partial charge in [-0.3, -0.25) is 0 Å². The van der Waals surface area contributed by atoms with Crippen LogP contribution in [0.2, 0.25) is 0 Å². The molecule has 0 atom stereocenters. The Morgan fingerprint density at radius 1 is 0.875 bits per heavy atom. The predicted octanol–water partition coefficient (Wildman–Crippen LogP) is 3.65. The molecule has 0 bridgehead atoms. The molecule has 0 saturated carbocycles. The van der Waals surface area contributed by atoms with E-state index in [0.29, 0.717) is 12.5 Å². The molecule has 0 aromatic heterocycles. The lowest BCUT2D eigenvalue weighted by Crippen LogP contribution is -2.12. The molecule has 0 unspecified atom stereocenters. The summed E-state index contributed by atoms with van der Waals surface area (Å²) in [6.07, 6.45) is 5.30. The van der Waals surface area contributed by atoms with Crippen LogP contribution in [-0.2, 0) is 0 Å². The van der Waals surface area contributed by atoms with Crippen LogP contribution in [0, 0.1) is 11.8 Å². The van der Waals surface area contributed by atoms with Crippen LogP contribution in [0.5, 0.6) is 0 Å². The van der Waals surface area contributed by atoms with E-state index in [2.05, 4.69) is 27.7 Å². The van der Waals surface area contributed by atoms with E-state index in [1.807, 2.05) is 11.8 Å². The van der Waals surface area contributed by atoms with E-state index in [1.54, 1.807) is 0 Å². The van der Waals surface area contributed by atoms with E-state index in [1.165, 1.54) is 54.0 Å². The smallest absolute Gasteiger partial charge is 0.0459 e. The molecule has 0 aromatic carbocycles. The average Bonchev–Trinajstić information content (AvgIpc) is 2.41. The molecule has 2 fully saturated rings. The van der Waals surface area contributed by atoms with E-state index in [-0.39, 0.29) is 0 Å². The Hall–Kier alpha value is 1.14. The summed E-state index contributed by atoms with van der Waals surface area (Å²) >= 11 is 7.60. The Kier molecular flexibility index (Phi) is 9.59. The van der Waals surface area contributed by atoms with Crippen LogP contribution in [0.1, 0.15) is 25.7 Å². The number of alkyl halides is 1. The van der Waals surface area contributed by atoms with Crippen molar-refractivity contribution in [3.8, 4) is 0 Å². The maximum atomic E-state index is 8.68. The maximum absolute atomic E-state index is 8.68. The van der Waals surface area contributed by atoms with Gasteiger partial charge in [0, 0.05) is 11.9 Å². The molecular formula is C12H23BrOS2. The first-order chi connectivity index (χ1) is 7.86. The highest BCUT2D eigenvalue weighted by atomic mass is 79.9. The molecule has 1 nitrogen and oxygen atoms in total. The molecule has 1 N–H and O–H groups in total. The predicted molar refractivity (Wildman–Crippen MR) is 81.0 cm³/mol. The number of aliphatic hydroxyl groups excluding tert-OH is 1. The summed E-state index contributed by atoms with van der Waals surface area (Å²) < 4.78 is 0. The van der Waals surface area contributed by atoms with Gasteiger partial charge in [-0.2, -0.15) is 23.5 Å². The second kappa shape index (κ2) is 10.1. The van der Waals surface area contributed by atoms with Crippen molar-refractivity contribution in [2.45, 2.75) is 25.7 Å². The van der Waals surface area contributed by atoms with Gasteiger partial charge in [0.1, 0.15) is 0 Å². The van der Waals surface area contributed by atoms with Gasteiger partial charge in [0.2, 0.25) is 0 Å². The average molecular weight is 327 g/mol. The summed E-state index contributed by atoms with van der Waals surface area (Å²) in [6.45, 7) is 0.403. The van der Waals surface area contributed by atoms with Crippen molar-refractivity contribution in [3.05, 3.63) is 0 Å². The van der Waals surface area contributed by atoms with Crippen LogP contribution in [0.3, 0.4) is 0 Å².